The van der Waals surface area contributed by atoms with Crippen LogP contribution in [0.3, 0.4) is 0 Å². The quantitative estimate of drug-likeness (QED) is 0.520. The van der Waals surface area contributed by atoms with Gasteiger partial charge in [-0.25, -0.2) is 4.39 Å². The topological polar surface area (TPSA) is 38.0 Å². The predicted octanol–water partition coefficient (Wildman–Crippen LogP) is 1.66. The van der Waals surface area contributed by atoms with E-state index in [1.165, 1.54) is 12.1 Å². The summed E-state index contributed by atoms with van der Waals surface area (Å²) in [7, 11) is 0. The summed E-state index contributed by atoms with van der Waals surface area (Å²) in [5, 5.41) is 0. The molecule has 0 aromatic heterocycles. The highest BCUT2D eigenvalue weighted by molar-refractivity contribution is 5.28. The molecule has 0 aliphatic rings. The van der Waals surface area contributed by atoms with Gasteiger partial charge in [-0.3, -0.25) is 11.3 Å². The number of nitrogens with one attached hydrogen (secondary N) is 1. The molecule has 1 aromatic carbocycles. The SMILES string of the molecule is Cc1cc(F)ccc1[C@H](C)NN. The number of benzene rings is 1. The number of rotatable bonds is 2. The van der Waals surface area contributed by atoms with E-state index in [4.69, 9.17) is 5.84 Å². The standard InChI is InChI=1S/C9H13FN2/c1-6-5-8(10)3-4-9(6)7(2)12-11/h3-5,7,12H,11H2,1-2H3/t7-/m0/s1. The van der Waals surface area contributed by atoms with Gasteiger partial charge in [-0.1, -0.05) is 6.07 Å². The van der Waals surface area contributed by atoms with Crippen LogP contribution in [0.5, 0.6) is 0 Å². The minimum atomic E-state index is -0.208. The molecule has 0 spiro atoms. The molecule has 66 valence electrons. The molecule has 1 aromatic rings. The molecule has 0 bridgehead atoms. The van der Waals surface area contributed by atoms with Gasteiger partial charge in [-0.15, -0.1) is 0 Å². The van der Waals surface area contributed by atoms with E-state index in [9.17, 15) is 4.39 Å². The van der Waals surface area contributed by atoms with Crippen molar-refractivity contribution in [1.29, 1.82) is 0 Å². The highest BCUT2D eigenvalue weighted by Gasteiger charge is 2.05. The van der Waals surface area contributed by atoms with Crippen LogP contribution in [0.25, 0.3) is 0 Å². The van der Waals surface area contributed by atoms with Crippen LogP contribution >= 0.6 is 0 Å². The lowest BCUT2D eigenvalue weighted by atomic mass is 10.0. The van der Waals surface area contributed by atoms with Gasteiger partial charge in [0.1, 0.15) is 5.82 Å². The summed E-state index contributed by atoms with van der Waals surface area (Å²) >= 11 is 0. The first kappa shape index (κ1) is 9.16. The second-order valence-electron chi connectivity index (χ2n) is 2.89. The zero-order valence-electron chi connectivity index (χ0n) is 7.26. The Hall–Kier alpha value is -0.930. The summed E-state index contributed by atoms with van der Waals surface area (Å²) in [5.41, 5.74) is 4.56. The number of nitrogens with two attached hydrogens (primary N) is 1. The van der Waals surface area contributed by atoms with Crippen LogP contribution < -0.4 is 11.3 Å². The molecule has 0 amide bonds. The summed E-state index contributed by atoms with van der Waals surface area (Å²) in [6.45, 7) is 3.80. The molecule has 0 saturated carbocycles. The molecule has 3 heteroatoms. The highest BCUT2D eigenvalue weighted by Crippen LogP contribution is 2.16. The third-order valence-corrected chi connectivity index (χ3v) is 1.95. The van der Waals surface area contributed by atoms with E-state index < -0.39 is 0 Å². The molecule has 0 heterocycles. The first-order valence-corrected chi connectivity index (χ1v) is 3.87. The molecule has 1 rings (SSSR count). The normalized spacial score (nSPS) is 13.0. The number of halogens is 1. The average Bonchev–Trinajstić information content (AvgIpc) is 2.03. The van der Waals surface area contributed by atoms with Crippen LogP contribution in [0.15, 0.2) is 18.2 Å². The first-order valence-electron chi connectivity index (χ1n) is 3.87. The molecular formula is C9H13FN2. The van der Waals surface area contributed by atoms with Gasteiger partial charge in [0.15, 0.2) is 0 Å². The summed E-state index contributed by atoms with van der Waals surface area (Å²) in [6.07, 6.45) is 0. The Kier molecular flexibility index (Phi) is 2.78. The van der Waals surface area contributed by atoms with Crippen LogP contribution in [-0.2, 0) is 0 Å². The Morgan fingerprint density at radius 1 is 1.50 bits per heavy atom. The van der Waals surface area contributed by atoms with E-state index in [1.807, 2.05) is 13.8 Å². The second-order valence-corrected chi connectivity index (χ2v) is 2.89. The fourth-order valence-corrected chi connectivity index (χ4v) is 1.21. The fraction of sp³-hybridized carbons (Fsp3) is 0.333. The van der Waals surface area contributed by atoms with Gasteiger partial charge in [0.25, 0.3) is 0 Å². The Morgan fingerprint density at radius 3 is 2.67 bits per heavy atom. The van der Waals surface area contributed by atoms with Crippen LogP contribution in [0.1, 0.15) is 24.1 Å². The smallest absolute Gasteiger partial charge is 0.123 e. The largest absolute Gasteiger partial charge is 0.271 e. The number of hydrogen-bond donors (Lipinski definition) is 2. The van der Waals surface area contributed by atoms with E-state index in [-0.39, 0.29) is 11.9 Å². The zero-order chi connectivity index (χ0) is 9.14. The maximum atomic E-state index is 12.7. The van der Waals surface area contributed by atoms with E-state index in [1.54, 1.807) is 6.07 Å². The van der Waals surface area contributed by atoms with E-state index in [0.717, 1.165) is 11.1 Å². The molecule has 1 atom stereocenters. The van der Waals surface area contributed by atoms with E-state index in [2.05, 4.69) is 5.43 Å². The predicted molar refractivity (Wildman–Crippen MR) is 46.9 cm³/mol. The fourth-order valence-electron chi connectivity index (χ4n) is 1.21. The second kappa shape index (κ2) is 3.65. The molecule has 0 fully saturated rings. The maximum absolute atomic E-state index is 12.7. The molecule has 0 unspecified atom stereocenters. The number of hydrazine groups is 1. The van der Waals surface area contributed by atoms with Crippen molar-refractivity contribution in [3.8, 4) is 0 Å². The lowest BCUT2D eigenvalue weighted by Crippen LogP contribution is -2.26. The van der Waals surface area contributed by atoms with Crippen molar-refractivity contribution in [2.75, 3.05) is 0 Å². The highest BCUT2D eigenvalue weighted by atomic mass is 19.1. The Bertz CT molecular complexity index is 273. The van der Waals surface area contributed by atoms with Gasteiger partial charge in [0, 0.05) is 6.04 Å². The van der Waals surface area contributed by atoms with Crippen molar-refractivity contribution < 1.29 is 4.39 Å². The molecule has 2 nitrogen and oxygen atoms in total. The van der Waals surface area contributed by atoms with Gasteiger partial charge in [0.05, 0.1) is 0 Å². The maximum Gasteiger partial charge on any atom is 0.123 e. The van der Waals surface area contributed by atoms with Crippen molar-refractivity contribution in [3.05, 3.63) is 35.1 Å². The van der Waals surface area contributed by atoms with Crippen LogP contribution in [-0.4, -0.2) is 0 Å². The van der Waals surface area contributed by atoms with Crippen LogP contribution in [0.4, 0.5) is 4.39 Å². The summed E-state index contributed by atoms with van der Waals surface area (Å²) < 4.78 is 12.7. The number of hydrogen-bond acceptors (Lipinski definition) is 2. The first-order chi connectivity index (χ1) is 5.65. The van der Waals surface area contributed by atoms with Crippen molar-refractivity contribution in [3.63, 3.8) is 0 Å². The van der Waals surface area contributed by atoms with E-state index >= 15 is 0 Å². The Balaban J connectivity index is 3.01. The van der Waals surface area contributed by atoms with Gasteiger partial charge < -0.3 is 0 Å². The van der Waals surface area contributed by atoms with Crippen molar-refractivity contribution in [1.82, 2.24) is 5.43 Å². The molecule has 3 N–H and O–H groups in total. The molecule has 0 radical (unpaired) electrons. The van der Waals surface area contributed by atoms with Crippen LogP contribution in [0, 0.1) is 12.7 Å². The van der Waals surface area contributed by atoms with Crippen molar-refractivity contribution >= 4 is 0 Å². The summed E-state index contributed by atoms with van der Waals surface area (Å²) in [4.78, 5) is 0. The number of aryl methyl sites for hydroxylation is 1. The van der Waals surface area contributed by atoms with Gasteiger partial charge >= 0.3 is 0 Å². The van der Waals surface area contributed by atoms with Gasteiger partial charge in [0.2, 0.25) is 0 Å². The Morgan fingerprint density at radius 2 is 2.17 bits per heavy atom. The summed E-state index contributed by atoms with van der Waals surface area (Å²) in [6, 6.07) is 4.75. The van der Waals surface area contributed by atoms with Crippen molar-refractivity contribution in [2.45, 2.75) is 19.9 Å². The molecule has 12 heavy (non-hydrogen) atoms. The lowest BCUT2D eigenvalue weighted by Gasteiger charge is -2.12. The van der Waals surface area contributed by atoms with Crippen LogP contribution in [0.2, 0.25) is 0 Å². The summed E-state index contributed by atoms with van der Waals surface area (Å²) in [5.74, 6) is 5.06. The minimum absolute atomic E-state index is 0.0607. The molecule has 0 aliphatic heterocycles. The third-order valence-electron chi connectivity index (χ3n) is 1.95. The van der Waals surface area contributed by atoms with E-state index in [0.29, 0.717) is 0 Å². The molecule has 0 aliphatic carbocycles. The van der Waals surface area contributed by atoms with Gasteiger partial charge in [-0.2, -0.15) is 0 Å². The third kappa shape index (κ3) is 1.81. The molecular weight excluding hydrogens is 155 g/mol. The van der Waals surface area contributed by atoms with Crippen molar-refractivity contribution in [2.24, 2.45) is 5.84 Å². The Labute approximate surface area is 71.6 Å². The zero-order valence-corrected chi connectivity index (χ0v) is 7.26. The minimum Gasteiger partial charge on any atom is -0.271 e. The monoisotopic (exact) mass is 168 g/mol. The van der Waals surface area contributed by atoms with Gasteiger partial charge in [-0.05, 0) is 37.1 Å². The molecule has 0 saturated heterocycles. The lowest BCUT2D eigenvalue weighted by molar-refractivity contribution is 0.591. The average molecular weight is 168 g/mol.